The predicted molar refractivity (Wildman–Crippen MR) is 58.2 cm³/mol. The molecule has 0 aromatic heterocycles. The van der Waals surface area contributed by atoms with E-state index in [-0.39, 0.29) is 6.10 Å². The molecule has 1 nitrogen and oxygen atoms in total. The van der Waals surface area contributed by atoms with Crippen LogP contribution in [0, 0.1) is 0 Å². The molecule has 0 heterocycles. The van der Waals surface area contributed by atoms with Crippen LogP contribution >= 0.6 is 0 Å². The predicted octanol–water partition coefficient (Wildman–Crippen LogP) is 3.89. The molecule has 0 N–H and O–H groups in total. The summed E-state index contributed by atoms with van der Waals surface area (Å²) in [5, 5.41) is 0. The maximum atomic E-state index is 5.41. The minimum atomic E-state index is 0.266. The number of rotatable bonds is 2. The summed E-state index contributed by atoms with van der Waals surface area (Å²) < 4.78 is 5.41. The lowest BCUT2D eigenvalue weighted by atomic mass is 10.3. The van der Waals surface area contributed by atoms with Crippen molar-refractivity contribution in [3.8, 4) is 5.75 Å². The van der Waals surface area contributed by atoms with E-state index in [1.807, 2.05) is 44.2 Å². The van der Waals surface area contributed by atoms with Gasteiger partial charge in [0.1, 0.15) is 5.75 Å². The number of hydrogen-bond acceptors (Lipinski definition) is 1. The van der Waals surface area contributed by atoms with Gasteiger partial charge in [-0.3, -0.25) is 0 Å². The van der Waals surface area contributed by atoms with E-state index in [0.29, 0.717) is 0 Å². The first-order valence-corrected chi connectivity index (χ1v) is 4.92. The van der Waals surface area contributed by atoms with Crippen LogP contribution in [-0.2, 0) is 0 Å². The van der Waals surface area contributed by atoms with E-state index in [0.717, 1.165) is 5.75 Å². The third-order valence-corrected chi connectivity index (χ3v) is 1.11. The van der Waals surface area contributed by atoms with E-state index >= 15 is 0 Å². The van der Waals surface area contributed by atoms with Crippen molar-refractivity contribution in [1.29, 1.82) is 0 Å². The van der Waals surface area contributed by atoms with Gasteiger partial charge in [0.05, 0.1) is 6.10 Å². The van der Waals surface area contributed by atoms with Crippen LogP contribution in [0.1, 0.15) is 34.1 Å². The third kappa shape index (κ3) is 7.38. The van der Waals surface area contributed by atoms with Gasteiger partial charge >= 0.3 is 0 Å². The molecular formula is C12H20O. The quantitative estimate of drug-likeness (QED) is 0.671. The number of hydrogen-bond donors (Lipinski definition) is 0. The molecule has 0 aliphatic carbocycles. The Morgan fingerprint density at radius 2 is 1.54 bits per heavy atom. The van der Waals surface area contributed by atoms with Crippen molar-refractivity contribution < 1.29 is 4.74 Å². The summed E-state index contributed by atoms with van der Waals surface area (Å²) in [6.07, 6.45) is 1.52. The van der Waals surface area contributed by atoms with E-state index < -0.39 is 0 Å². The van der Waals surface area contributed by atoms with E-state index in [4.69, 9.17) is 4.74 Å². The first kappa shape index (κ1) is 12.0. The minimum absolute atomic E-state index is 0.266. The van der Waals surface area contributed by atoms with Crippen LogP contribution in [0.25, 0.3) is 0 Å². The topological polar surface area (TPSA) is 9.23 Å². The normalized spacial score (nSPS) is 9.00. The van der Waals surface area contributed by atoms with Gasteiger partial charge in [0, 0.05) is 0 Å². The van der Waals surface area contributed by atoms with Gasteiger partial charge in [0.2, 0.25) is 0 Å². The van der Waals surface area contributed by atoms with E-state index in [1.54, 1.807) is 0 Å². The molecule has 0 saturated heterocycles. The molecule has 0 atom stereocenters. The SMILES string of the molecule is CC(C)Oc1ccccc1.CCC. The largest absolute Gasteiger partial charge is 0.491 e. The summed E-state index contributed by atoms with van der Waals surface area (Å²) >= 11 is 0. The lowest BCUT2D eigenvalue weighted by molar-refractivity contribution is 0.242. The van der Waals surface area contributed by atoms with Crippen LogP contribution < -0.4 is 4.74 Å². The summed E-state index contributed by atoms with van der Waals surface area (Å²) in [7, 11) is 0. The van der Waals surface area contributed by atoms with Crippen molar-refractivity contribution in [3.05, 3.63) is 30.3 Å². The van der Waals surface area contributed by atoms with Crippen molar-refractivity contribution in [2.75, 3.05) is 0 Å². The fraction of sp³-hybridized carbons (Fsp3) is 0.500. The first-order chi connectivity index (χ1) is 6.20. The summed E-state index contributed by atoms with van der Waals surface area (Å²) in [6, 6.07) is 9.84. The number of para-hydroxylation sites is 1. The average molecular weight is 180 g/mol. The van der Waals surface area contributed by atoms with Gasteiger partial charge in [-0.1, -0.05) is 38.5 Å². The van der Waals surface area contributed by atoms with Gasteiger partial charge in [-0.25, -0.2) is 0 Å². The lowest BCUT2D eigenvalue weighted by Gasteiger charge is -2.07. The third-order valence-electron chi connectivity index (χ3n) is 1.11. The van der Waals surface area contributed by atoms with Crippen LogP contribution in [0.5, 0.6) is 5.75 Å². The summed E-state index contributed by atoms with van der Waals surface area (Å²) in [6.45, 7) is 8.29. The zero-order valence-corrected chi connectivity index (χ0v) is 9.08. The minimum Gasteiger partial charge on any atom is -0.491 e. The van der Waals surface area contributed by atoms with Gasteiger partial charge in [0.25, 0.3) is 0 Å². The maximum absolute atomic E-state index is 5.41. The molecule has 1 rings (SSSR count). The highest BCUT2D eigenvalue weighted by atomic mass is 16.5. The molecule has 0 aliphatic rings. The molecule has 0 aliphatic heterocycles. The Kier molecular flexibility index (Phi) is 7.08. The molecule has 0 spiro atoms. The van der Waals surface area contributed by atoms with Crippen LogP contribution in [0.15, 0.2) is 30.3 Å². The van der Waals surface area contributed by atoms with Gasteiger partial charge in [-0.2, -0.15) is 0 Å². The summed E-state index contributed by atoms with van der Waals surface area (Å²) in [4.78, 5) is 0. The molecule has 0 unspecified atom stereocenters. The van der Waals surface area contributed by atoms with Crippen molar-refractivity contribution in [3.63, 3.8) is 0 Å². The highest BCUT2D eigenvalue weighted by molar-refractivity contribution is 5.20. The van der Waals surface area contributed by atoms with E-state index in [9.17, 15) is 0 Å². The van der Waals surface area contributed by atoms with Gasteiger partial charge < -0.3 is 4.74 Å². The fourth-order valence-corrected chi connectivity index (χ4v) is 0.771. The second-order valence-electron chi connectivity index (χ2n) is 3.19. The second kappa shape index (κ2) is 7.66. The first-order valence-electron chi connectivity index (χ1n) is 4.92. The van der Waals surface area contributed by atoms with E-state index in [1.165, 1.54) is 6.42 Å². The molecule has 0 amide bonds. The van der Waals surface area contributed by atoms with Gasteiger partial charge in [0.15, 0.2) is 0 Å². The van der Waals surface area contributed by atoms with E-state index in [2.05, 4.69) is 13.8 Å². The summed E-state index contributed by atoms with van der Waals surface area (Å²) in [5.41, 5.74) is 0. The molecule has 0 fully saturated rings. The molecule has 1 heteroatoms. The van der Waals surface area contributed by atoms with Crippen LogP contribution in [-0.4, -0.2) is 6.10 Å². The zero-order chi connectivity index (χ0) is 10.1. The maximum Gasteiger partial charge on any atom is 0.119 e. The lowest BCUT2D eigenvalue weighted by Crippen LogP contribution is -2.04. The molecule has 13 heavy (non-hydrogen) atoms. The Morgan fingerprint density at radius 3 is 1.92 bits per heavy atom. The van der Waals surface area contributed by atoms with Gasteiger partial charge in [-0.15, -0.1) is 0 Å². The van der Waals surface area contributed by atoms with Crippen LogP contribution in [0.4, 0.5) is 0 Å². The Hall–Kier alpha value is -0.980. The van der Waals surface area contributed by atoms with Crippen LogP contribution in [0.3, 0.4) is 0 Å². The second-order valence-corrected chi connectivity index (χ2v) is 3.19. The molecule has 0 radical (unpaired) electrons. The standard InChI is InChI=1S/C9H12O.C3H8/c1-8(2)10-9-6-4-3-5-7-9;1-3-2/h3-8H,1-2H3;3H2,1-2H3. The Morgan fingerprint density at radius 1 is 1.08 bits per heavy atom. The Labute approximate surface area is 81.7 Å². The van der Waals surface area contributed by atoms with Crippen molar-refractivity contribution in [1.82, 2.24) is 0 Å². The zero-order valence-electron chi connectivity index (χ0n) is 9.08. The molecule has 0 bridgehead atoms. The monoisotopic (exact) mass is 180 g/mol. The molecule has 74 valence electrons. The number of ether oxygens (including phenoxy) is 1. The number of benzene rings is 1. The van der Waals surface area contributed by atoms with Gasteiger partial charge in [-0.05, 0) is 26.0 Å². The van der Waals surface area contributed by atoms with Crippen molar-refractivity contribution >= 4 is 0 Å². The molecule has 0 saturated carbocycles. The highest BCUT2D eigenvalue weighted by Crippen LogP contribution is 2.09. The fourth-order valence-electron chi connectivity index (χ4n) is 0.771. The Balaban J connectivity index is 0.000000424. The molecule has 1 aromatic carbocycles. The van der Waals surface area contributed by atoms with Crippen molar-refractivity contribution in [2.24, 2.45) is 0 Å². The molecule has 1 aromatic rings. The summed E-state index contributed by atoms with van der Waals surface area (Å²) in [5.74, 6) is 0.942. The highest BCUT2D eigenvalue weighted by Gasteiger charge is 1.92. The smallest absolute Gasteiger partial charge is 0.119 e. The average Bonchev–Trinajstić information content (AvgIpc) is 2.06. The molecular weight excluding hydrogens is 160 g/mol. The van der Waals surface area contributed by atoms with Crippen molar-refractivity contribution in [2.45, 2.75) is 40.2 Å². The van der Waals surface area contributed by atoms with Crippen LogP contribution in [0.2, 0.25) is 0 Å². The Bertz CT molecular complexity index is 192.